The lowest BCUT2D eigenvalue weighted by atomic mass is 10.1. The molecule has 2 unspecified atom stereocenters. The Balaban J connectivity index is 1.46. The van der Waals surface area contributed by atoms with Gasteiger partial charge in [-0.3, -0.25) is 4.99 Å². The monoisotopic (exact) mass is 363 g/mol. The van der Waals surface area contributed by atoms with Gasteiger partial charge in [0.2, 0.25) is 0 Å². The zero-order chi connectivity index (χ0) is 18.5. The molecule has 26 heavy (non-hydrogen) atoms. The first-order valence-corrected chi connectivity index (χ1v) is 9.60. The Kier molecular flexibility index (Phi) is 10.1. The molecular weight excluding hydrogens is 330 g/mol. The number of guanidine groups is 1. The molecule has 1 aromatic carbocycles. The third kappa shape index (κ3) is 8.17. The van der Waals surface area contributed by atoms with Crippen LogP contribution < -0.4 is 10.6 Å². The van der Waals surface area contributed by atoms with Crippen LogP contribution in [0.1, 0.15) is 37.9 Å². The molecule has 1 aliphatic rings. The lowest BCUT2D eigenvalue weighted by Crippen LogP contribution is -2.39. The third-order valence-corrected chi connectivity index (χ3v) is 4.34. The maximum absolute atomic E-state index is 5.87. The van der Waals surface area contributed by atoms with Crippen LogP contribution in [0.5, 0.6) is 0 Å². The SMILES string of the molecule is CN=C(NCCCOC(C)c1ccccc1)NCCOCC1CCCO1. The van der Waals surface area contributed by atoms with E-state index < -0.39 is 0 Å². The summed E-state index contributed by atoms with van der Waals surface area (Å²) in [7, 11) is 1.77. The van der Waals surface area contributed by atoms with E-state index in [0.29, 0.717) is 19.8 Å². The van der Waals surface area contributed by atoms with E-state index in [-0.39, 0.29) is 12.2 Å². The molecule has 1 saturated heterocycles. The van der Waals surface area contributed by atoms with E-state index in [2.05, 4.69) is 34.7 Å². The molecule has 0 aliphatic carbocycles. The number of nitrogens with one attached hydrogen (secondary N) is 2. The fraction of sp³-hybridized carbons (Fsp3) is 0.650. The second-order valence-corrected chi connectivity index (χ2v) is 6.41. The largest absolute Gasteiger partial charge is 0.377 e. The van der Waals surface area contributed by atoms with E-state index in [1.165, 1.54) is 5.56 Å². The molecule has 0 amide bonds. The van der Waals surface area contributed by atoms with Crippen LogP contribution in [0.4, 0.5) is 0 Å². The van der Waals surface area contributed by atoms with E-state index >= 15 is 0 Å². The average molecular weight is 364 g/mol. The van der Waals surface area contributed by atoms with Crippen molar-refractivity contribution in [2.75, 3.05) is 46.6 Å². The zero-order valence-corrected chi connectivity index (χ0v) is 16.1. The topological polar surface area (TPSA) is 64.1 Å². The Hall–Kier alpha value is -1.63. The van der Waals surface area contributed by atoms with Gasteiger partial charge in [-0.1, -0.05) is 30.3 Å². The maximum Gasteiger partial charge on any atom is 0.191 e. The van der Waals surface area contributed by atoms with Crippen LogP contribution in [0.15, 0.2) is 35.3 Å². The second-order valence-electron chi connectivity index (χ2n) is 6.41. The first-order valence-electron chi connectivity index (χ1n) is 9.60. The van der Waals surface area contributed by atoms with Gasteiger partial charge in [0.05, 0.1) is 25.4 Å². The third-order valence-electron chi connectivity index (χ3n) is 4.34. The fourth-order valence-corrected chi connectivity index (χ4v) is 2.81. The van der Waals surface area contributed by atoms with E-state index in [1.807, 2.05) is 18.2 Å². The van der Waals surface area contributed by atoms with Gasteiger partial charge < -0.3 is 24.8 Å². The summed E-state index contributed by atoms with van der Waals surface area (Å²) in [6.45, 7) is 6.55. The molecule has 6 nitrogen and oxygen atoms in total. The Morgan fingerprint density at radius 2 is 2.04 bits per heavy atom. The summed E-state index contributed by atoms with van der Waals surface area (Å²) in [4.78, 5) is 4.22. The van der Waals surface area contributed by atoms with Crippen molar-refractivity contribution in [3.05, 3.63) is 35.9 Å². The van der Waals surface area contributed by atoms with Crippen molar-refractivity contribution in [1.29, 1.82) is 0 Å². The van der Waals surface area contributed by atoms with Gasteiger partial charge in [-0.25, -0.2) is 0 Å². The standard InChI is InChI=1S/C20H33N3O3/c1-17(18-8-4-3-5-9-18)25-14-7-11-22-20(21-2)23-12-15-24-16-19-10-6-13-26-19/h3-5,8-9,17,19H,6-7,10-16H2,1-2H3,(H2,21,22,23). The van der Waals surface area contributed by atoms with Crippen LogP contribution in [-0.2, 0) is 14.2 Å². The van der Waals surface area contributed by atoms with Gasteiger partial charge in [-0.2, -0.15) is 0 Å². The quantitative estimate of drug-likeness (QED) is 0.359. The minimum absolute atomic E-state index is 0.120. The molecule has 1 heterocycles. The number of nitrogens with zero attached hydrogens (tertiary/aromatic N) is 1. The lowest BCUT2D eigenvalue weighted by Gasteiger charge is -2.15. The predicted molar refractivity (Wildman–Crippen MR) is 105 cm³/mol. The highest BCUT2D eigenvalue weighted by Crippen LogP contribution is 2.15. The number of aliphatic imine (C=N–C) groups is 1. The molecule has 2 rings (SSSR count). The maximum atomic E-state index is 5.87. The van der Waals surface area contributed by atoms with Crippen molar-refractivity contribution in [3.63, 3.8) is 0 Å². The van der Waals surface area contributed by atoms with E-state index in [1.54, 1.807) is 7.05 Å². The van der Waals surface area contributed by atoms with Gasteiger partial charge in [0.15, 0.2) is 5.96 Å². The van der Waals surface area contributed by atoms with E-state index in [0.717, 1.165) is 44.9 Å². The van der Waals surface area contributed by atoms with Gasteiger partial charge in [0.25, 0.3) is 0 Å². The van der Waals surface area contributed by atoms with Crippen molar-refractivity contribution >= 4 is 5.96 Å². The van der Waals surface area contributed by atoms with Crippen LogP contribution in [0.2, 0.25) is 0 Å². The molecule has 0 saturated carbocycles. The second kappa shape index (κ2) is 12.7. The average Bonchev–Trinajstić information content (AvgIpc) is 3.20. The number of hydrogen-bond acceptors (Lipinski definition) is 4. The molecule has 146 valence electrons. The lowest BCUT2D eigenvalue weighted by molar-refractivity contribution is 0.0191. The summed E-state index contributed by atoms with van der Waals surface area (Å²) < 4.78 is 17.0. The minimum Gasteiger partial charge on any atom is -0.377 e. The minimum atomic E-state index is 0.120. The molecular formula is C20H33N3O3. The molecule has 0 bridgehead atoms. The van der Waals surface area contributed by atoms with Crippen LogP contribution in [-0.4, -0.2) is 58.6 Å². The molecule has 1 aromatic rings. The predicted octanol–water partition coefficient (Wildman–Crippen LogP) is 2.51. The Labute approximate surface area is 157 Å². The van der Waals surface area contributed by atoms with Crippen molar-refractivity contribution in [3.8, 4) is 0 Å². The van der Waals surface area contributed by atoms with Crippen LogP contribution in [0.3, 0.4) is 0 Å². The molecule has 1 fully saturated rings. The Bertz CT molecular complexity index is 504. The van der Waals surface area contributed by atoms with Crippen LogP contribution in [0.25, 0.3) is 0 Å². The summed E-state index contributed by atoms with van der Waals surface area (Å²) in [5, 5.41) is 6.55. The van der Waals surface area contributed by atoms with Gasteiger partial charge >= 0.3 is 0 Å². The molecule has 1 aliphatic heterocycles. The molecule has 2 atom stereocenters. The van der Waals surface area contributed by atoms with Crippen LogP contribution in [0, 0.1) is 0 Å². The Morgan fingerprint density at radius 1 is 1.23 bits per heavy atom. The first kappa shape index (κ1) is 20.7. The highest BCUT2D eigenvalue weighted by molar-refractivity contribution is 5.79. The summed E-state index contributed by atoms with van der Waals surface area (Å²) in [6.07, 6.45) is 3.59. The number of rotatable bonds is 11. The molecule has 0 aromatic heterocycles. The fourth-order valence-electron chi connectivity index (χ4n) is 2.81. The number of hydrogen-bond donors (Lipinski definition) is 2. The summed E-state index contributed by atoms with van der Waals surface area (Å²) in [5.41, 5.74) is 1.21. The molecule has 0 radical (unpaired) electrons. The van der Waals surface area contributed by atoms with Gasteiger partial charge in [0.1, 0.15) is 0 Å². The number of benzene rings is 1. The highest BCUT2D eigenvalue weighted by Gasteiger charge is 2.14. The van der Waals surface area contributed by atoms with Gasteiger partial charge in [-0.05, 0) is 31.7 Å². The van der Waals surface area contributed by atoms with Crippen molar-refractivity contribution in [2.24, 2.45) is 4.99 Å². The summed E-state index contributed by atoms with van der Waals surface area (Å²) in [6, 6.07) is 10.3. The van der Waals surface area contributed by atoms with E-state index in [4.69, 9.17) is 14.2 Å². The van der Waals surface area contributed by atoms with Gasteiger partial charge in [0, 0.05) is 33.4 Å². The normalized spacial score (nSPS) is 18.7. The number of ether oxygens (including phenoxy) is 3. The van der Waals surface area contributed by atoms with Crippen molar-refractivity contribution < 1.29 is 14.2 Å². The smallest absolute Gasteiger partial charge is 0.191 e. The van der Waals surface area contributed by atoms with Gasteiger partial charge in [-0.15, -0.1) is 0 Å². The van der Waals surface area contributed by atoms with Crippen LogP contribution >= 0.6 is 0 Å². The Morgan fingerprint density at radius 3 is 2.77 bits per heavy atom. The zero-order valence-electron chi connectivity index (χ0n) is 16.1. The summed E-state index contributed by atoms with van der Waals surface area (Å²) in [5.74, 6) is 0.793. The van der Waals surface area contributed by atoms with E-state index in [9.17, 15) is 0 Å². The van der Waals surface area contributed by atoms with Crippen molar-refractivity contribution in [2.45, 2.75) is 38.4 Å². The molecule has 2 N–H and O–H groups in total. The first-order chi connectivity index (χ1) is 12.8. The molecule has 0 spiro atoms. The van der Waals surface area contributed by atoms with Crippen molar-refractivity contribution in [1.82, 2.24) is 10.6 Å². The summed E-state index contributed by atoms with van der Waals surface area (Å²) >= 11 is 0. The molecule has 6 heteroatoms. The highest BCUT2D eigenvalue weighted by atomic mass is 16.5.